The summed E-state index contributed by atoms with van der Waals surface area (Å²) in [6.07, 6.45) is 4.88. The standard InChI is InChI=1S/C23H20BrN3O2S/c1-2-11-29-21-6-4-3-5-17(21)13-18(14-25)22(28)27-23-26-15-20(30-23)12-16-7-9-19(24)10-8-16/h3-10,13,15H,2,11-12H2,1H3,(H,26,27,28). The molecule has 152 valence electrons. The number of nitrogens with one attached hydrogen (secondary N) is 1. The summed E-state index contributed by atoms with van der Waals surface area (Å²) in [5, 5.41) is 12.7. The maximum absolute atomic E-state index is 12.6. The Labute approximate surface area is 188 Å². The highest BCUT2D eigenvalue weighted by Gasteiger charge is 2.13. The predicted octanol–water partition coefficient (Wildman–Crippen LogP) is 5.83. The second-order valence-electron chi connectivity index (χ2n) is 6.45. The Morgan fingerprint density at radius 2 is 2.03 bits per heavy atom. The molecule has 0 spiro atoms. The van der Waals surface area contributed by atoms with E-state index in [-0.39, 0.29) is 5.57 Å². The topological polar surface area (TPSA) is 75.0 Å². The third kappa shape index (κ3) is 6.02. The van der Waals surface area contributed by atoms with Crippen molar-refractivity contribution in [1.29, 1.82) is 5.26 Å². The number of hydrogen-bond donors (Lipinski definition) is 1. The third-order valence-electron chi connectivity index (χ3n) is 4.11. The van der Waals surface area contributed by atoms with Gasteiger partial charge in [0.2, 0.25) is 0 Å². The first-order chi connectivity index (χ1) is 14.6. The number of nitriles is 1. The first-order valence-electron chi connectivity index (χ1n) is 9.43. The fraction of sp³-hybridized carbons (Fsp3) is 0.174. The Hall–Kier alpha value is -2.95. The second-order valence-corrected chi connectivity index (χ2v) is 8.48. The van der Waals surface area contributed by atoms with Crippen molar-refractivity contribution in [2.45, 2.75) is 19.8 Å². The molecule has 0 radical (unpaired) electrons. The summed E-state index contributed by atoms with van der Waals surface area (Å²) in [6, 6.07) is 17.4. The molecule has 30 heavy (non-hydrogen) atoms. The number of carbonyl (C=O) groups is 1. The van der Waals surface area contributed by atoms with Gasteiger partial charge in [0, 0.05) is 27.5 Å². The van der Waals surface area contributed by atoms with Gasteiger partial charge in [0.15, 0.2) is 5.13 Å². The Balaban J connectivity index is 1.70. The van der Waals surface area contributed by atoms with E-state index in [9.17, 15) is 10.1 Å². The molecule has 0 saturated heterocycles. The van der Waals surface area contributed by atoms with Crippen LogP contribution in [0.1, 0.15) is 29.3 Å². The monoisotopic (exact) mass is 481 g/mol. The molecule has 2 aromatic carbocycles. The molecule has 1 amide bonds. The molecule has 0 bridgehead atoms. The summed E-state index contributed by atoms with van der Waals surface area (Å²) in [5.41, 5.74) is 1.83. The number of hydrogen-bond acceptors (Lipinski definition) is 5. The molecular formula is C23H20BrN3O2S. The van der Waals surface area contributed by atoms with Crippen molar-refractivity contribution >= 4 is 44.4 Å². The van der Waals surface area contributed by atoms with Crippen molar-refractivity contribution in [2.75, 3.05) is 11.9 Å². The quantitative estimate of drug-likeness (QED) is 0.324. The first kappa shape index (κ1) is 21.8. The number of thiazole rings is 1. The third-order valence-corrected chi connectivity index (χ3v) is 5.55. The fourth-order valence-electron chi connectivity index (χ4n) is 2.66. The van der Waals surface area contributed by atoms with Crippen LogP contribution in [0.25, 0.3) is 6.08 Å². The predicted molar refractivity (Wildman–Crippen MR) is 124 cm³/mol. The number of ether oxygens (including phenoxy) is 1. The van der Waals surface area contributed by atoms with E-state index >= 15 is 0 Å². The van der Waals surface area contributed by atoms with E-state index in [2.05, 4.69) is 26.2 Å². The number of halogens is 1. The van der Waals surface area contributed by atoms with Gasteiger partial charge in [-0.05, 0) is 36.3 Å². The lowest BCUT2D eigenvalue weighted by molar-refractivity contribution is -0.112. The molecule has 0 aliphatic heterocycles. The summed E-state index contributed by atoms with van der Waals surface area (Å²) in [7, 11) is 0. The summed E-state index contributed by atoms with van der Waals surface area (Å²) in [6.45, 7) is 2.59. The molecule has 0 aliphatic carbocycles. The molecule has 0 aliphatic rings. The molecule has 0 saturated carbocycles. The maximum atomic E-state index is 12.6. The van der Waals surface area contributed by atoms with Crippen molar-refractivity contribution in [1.82, 2.24) is 4.98 Å². The largest absolute Gasteiger partial charge is 0.493 e. The highest BCUT2D eigenvalue weighted by molar-refractivity contribution is 9.10. The van der Waals surface area contributed by atoms with Crippen LogP contribution in [0, 0.1) is 11.3 Å². The molecule has 0 unspecified atom stereocenters. The zero-order chi connectivity index (χ0) is 21.3. The first-order valence-corrected chi connectivity index (χ1v) is 11.0. The van der Waals surface area contributed by atoms with Crippen molar-refractivity contribution in [3.05, 3.63) is 80.8 Å². The van der Waals surface area contributed by atoms with Gasteiger partial charge < -0.3 is 4.74 Å². The normalized spacial score (nSPS) is 11.0. The number of anilines is 1. The number of benzene rings is 2. The van der Waals surface area contributed by atoms with Gasteiger partial charge in [-0.25, -0.2) is 4.98 Å². The van der Waals surface area contributed by atoms with Crippen molar-refractivity contribution in [2.24, 2.45) is 0 Å². The van der Waals surface area contributed by atoms with Gasteiger partial charge in [0.1, 0.15) is 17.4 Å². The Kier molecular flexibility index (Phi) is 7.77. The number of nitrogens with zero attached hydrogens (tertiary/aromatic N) is 2. The second kappa shape index (κ2) is 10.7. The zero-order valence-corrected chi connectivity index (χ0v) is 18.8. The average molecular weight is 482 g/mol. The highest BCUT2D eigenvalue weighted by Crippen LogP contribution is 2.24. The van der Waals surface area contributed by atoms with E-state index in [1.807, 2.05) is 61.5 Å². The van der Waals surface area contributed by atoms with Crippen LogP contribution in [0.2, 0.25) is 0 Å². The van der Waals surface area contributed by atoms with Gasteiger partial charge in [0.25, 0.3) is 5.91 Å². The molecule has 0 atom stereocenters. The number of rotatable bonds is 8. The lowest BCUT2D eigenvalue weighted by Crippen LogP contribution is -2.13. The van der Waals surface area contributed by atoms with Crippen LogP contribution in [0.5, 0.6) is 5.75 Å². The van der Waals surface area contributed by atoms with Crippen LogP contribution < -0.4 is 10.1 Å². The smallest absolute Gasteiger partial charge is 0.268 e. The van der Waals surface area contributed by atoms with Crippen LogP contribution in [-0.2, 0) is 11.2 Å². The maximum Gasteiger partial charge on any atom is 0.268 e. The molecule has 3 rings (SSSR count). The molecule has 1 aromatic heterocycles. The minimum atomic E-state index is -0.493. The molecule has 5 nitrogen and oxygen atoms in total. The average Bonchev–Trinajstić information content (AvgIpc) is 3.19. The van der Waals surface area contributed by atoms with Crippen LogP contribution >= 0.6 is 27.3 Å². The SMILES string of the molecule is CCCOc1ccccc1C=C(C#N)C(=O)Nc1ncc(Cc2ccc(Br)cc2)s1. The minimum absolute atomic E-state index is 0.00721. The van der Waals surface area contributed by atoms with E-state index in [0.717, 1.165) is 27.8 Å². The summed E-state index contributed by atoms with van der Waals surface area (Å²) in [4.78, 5) is 17.9. The Morgan fingerprint density at radius 1 is 1.27 bits per heavy atom. The molecule has 1 heterocycles. The van der Waals surface area contributed by atoms with Gasteiger partial charge in [-0.3, -0.25) is 10.1 Å². The summed E-state index contributed by atoms with van der Waals surface area (Å²) < 4.78 is 6.73. The lowest BCUT2D eigenvalue weighted by Gasteiger charge is -2.08. The van der Waals surface area contributed by atoms with E-state index < -0.39 is 5.91 Å². The van der Waals surface area contributed by atoms with Gasteiger partial charge in [-0.1, -0.05) is 53.2 Å². The lowest BCUT2D eigenvalue weighted by atomic mass is 10.1. The number of aromatic nitrogens is 1. The molecule has 0 fully saturated rings. The van der Waals surface area contributed by atoms with Gasteiger partial charge in [-0.15, -0.1) is 11.3 Å². The van der Waals surface area contributed by atoms with E-state index in [1.54, 1.807) is 6.20 Å². The number of para-hydroxylation sites is 1. The number of amides is 1. The van der Waals surface area contributed by atoms with Crippen LogP contribution in [0.4, 0.5) is 5.13 Å². The molecular weight excluding hydrogens is 462 g/mol. The Morgan fingerprint density at radius 3 is 2.77 bits per heavy atom. The Bertz CT molecular complexity index is 1080. The van der Waals surface area contributed by atoms with Gasteiger partial charge in [-0.2, -0.15) is 5.26 Å². The fourth-order valence-corrected chi connectivity index (χ4v) is 3.77. The molecule has 1 N–H and O–H groups in total. The minimum Gasteiger partial charge on any atom is -0.493 e. The highest BCUT2D eigenvalue weighted by atomic mass is 79.9. The van der Waals surface area contributed by atoms with Gasteiger partial charge in [0.05, 0.1) is 6.61 Å². The zero-order valence-electron chi connectivity index (χ0n) is 16.4. The summed E-state index contributed by atoms with van der Waals surface area (Å²) >= 11 is 4.82. The number of carbonyl (C=O) groups excluding carboxylic acids is 1. The van der Waals surface area contributed by atoms with Crippen molar-refractivity contribution in [3.63, 3.8) is 0 Å². The molecule has 3 aromatic rings. The van der Waals surface area contributed by atoms with E-state index in [1.165, 1.54) is 17.4 Å². The van der Waals surface area contributed by atoms with Crippen LogP contribution in [0.3, 0.4) is 0 Å². The van der Waals surface area contributed by atoms with Crippen molar-refractivity contribution in [3.8, 4) is 11.8 Å². The summed E-state index contributed by atoms with van der Waals surface area (Å²) in [5.74, 6) is 0.151. The van der Waals surface area contributed by atoms with Crippen LogP contribution in [-0.4, -0.2) is 17.5 Å². The molecule has 7 heteroatoms. The van der Waals surface area contributed by atoms with E-state index in [4.69, 9.17) is 4.74 Å². The van der Waals surface area contributed by atoms with E-state index in [0.29, 0.717) is 23.1 Å². The van der Waals surface area contributed by atoms with Crippen molar-refractivity contribution < 1.29 is 9.53 Å². The van der Waals surface area contributed by atoms with Crippen LogP contribution in [0.15, 0.2) is 64.8 Å². The van der Waals surface area contributed by atoms with Gasteiger partial charge >= 0.3 is 0 Å².